The summed E-state index contributed by atoms with van der Waals surface area (Å²) in [6, 6.07) is 0. The molecule has 0 heterocycles. The monoisotopic (exact) mass is 243 g/mol. The summed E-state index contributed by atoms with van der Waals surface area (Å²) in [5.74, 6) is -1.44. The number of amides is 1. The fourth-order valence-electron chi connectivity index (χ4n) is 1.85. The molecule has 100 valence electrons. The van der Waals surface area contributed by atoms with Gasteiger partial charge in [-0.25, -0.2) is 0 Å². The molecule has 0 rings (SSSR count). The molecule has 0 bridgehead atoms. The third-order valence-corrected chi connectivity index (χ3v) is 3.23. The maximum Gasteiger partial charge on any atom is 0.318 e. The maximum absolute atomic E-state index is 11.5. The number of carboxylic acids is 1. The normalized spacial score (nSPS) is 14.1. The number of carboxylic acid groups (broad SMARTS) is 1. The van der Waals surface area contributed by atoms with Gasteiger partial charge in [-0.2, -0.15) is 0 Å². The van der Waals surface area contributed by atoms with Crippen molar-refractivity contribution >= 4 is 11.9 Å². The molecule has 0 saturated heterocycles. The van der Waals surface area contributed by atoms with Crippen LogP contribution in [0.25, 0.3) is 0 Å². The van der Waals surface area contributed by atoms with Crippen molar-refractivity contribution in [1.29, 1.82) is 0 Å². The number of carbonyl (C=O) groups is 2. The molecule has 1 amide bonds. The lowest BCUT2D eigenvalue weighted by molar-refractivity contribution is -0.155. The summed E-state index contributed by atoms with van der Waals surface area (Å²) in [4.78, 5) is 22.7. The SMILES string of the molecule is CCCCCCCCC(C)(C(=O)O)C(=O)NC. The highest BCUT2D eigenvalue weighted by molar-refractivity contribution is 6.01. The average molecular weight is 243 g/mol. The molecule has 1 unspecified atom stereocenters. The van der Waals surface area contributed by atoms with Gasteiger partial charge in [-0.3, -0.25) is 9.59 Å². The van der Waals surface area contributed by atoms with Gasteiger partial charge in [-0.1, -0.05) is 45.4 Å². The Hall–Kier alpha value is -1.06. The van der Waals surface area contributed by atoms with Crippen molar-refractivity contribution in [2.75, 3.05) is 7.05 Å². The molecule has 0 aromatic rings. The maximum atomic E-state index is 11.5. The van der Waals surface area contributed by atoms with Crippen LogP contribution >= 0.6 is 0 Å². The van der Waals surface area contributed by atoms with Gasteiger partial charge in [0.15, 0.2) is 0 Å². The summed E-state index contributed by atoms with van der Waals surface area (Å²) < 4.78 is 0. The summed E-state index contributed by atoms with van der Waals surface area (Å²) in [6.07, 6.45) is 6.95. The van der Waals surface area contributed by atoms with Crippen molar-refractivity contribution in [3.8, 4) is 0 Å². The predicted octanol–water partition coefficient (Wildman–Crippen LogP) is 2.57. The highest BCUT2D eigenvalue weighted by Crippen LogP contribution is 2.25. The van der Waals surface area contributed by atoms with Crippen molar-refractivity contribution in [2.24, 2.45) is 5.41 Å². The smallest absolute Gasteiger partial charge is 0.318 e. The zero-order valence-electron chi connectivity index (χ0n) is 11.2. The minimum atomic E-state index is -1.28. The molecule has 0 saturated carbocycles. The molecule has 0 aliphatic rings. The Morgan fingerprint density at radius 2 is 1.65 bits per heavy atom. The van der Waals surface area contributed by atoms with Crippen molar-refractivity contribution in [2.45, 2.75) is 58.8 Å². The van der Waals surface area contributed by atoms with Crippen LogP contribution in [0.5, 0.6) is 0 Å². The van der Waals surface area contributed by atoms with Gasteiger partial charge in [0.1, 0.15) is 5.41 Å². The number of carbonyl (C=O) groups excluding carboxylic acids is 1. The molecule has 1 atom stereocenters. The molecule has 0 aliphatic heterocycles. The van der Waals surface area contributed by atoms with Gasteiger partial charge in [0, 0.05) is 7.05 Å². The lowest BCUT2D eigenvalue weighted by Crippen LogP contribution is -2.43. The van der Waals surface area contributed by atoms with Crippen LogP contribution in [0.3, 0.4) is 0 Å². The van der Waals surface area contributed by atoms with Crippen LogP contribution in [0, 0.1) is 5.41 Å². The summed E-state index contributed by atoms with van der Waals surface area (Å²) in [5, 5.41) is 11.5. The van der Waals surface area contributed by atoms with Crippen molar-refractivity contribution in [3.63, 3.8) is 0 Å². The highest BCUT2D eigenvalue weighted by atomic mass is 16.4. The summed E-state index contributed by atoms with van der Waals surface area (Å²) >= 11 is 0. The molecule has 0 radical (unpaired) electrons. The van der Waals surface area contributed by atoms with E-state index in [9.17, 15) is 9.59 Å². The van der Waals surface area contributed by atoms with Crippen LogP contribution in [-0.2, 0) is 9.59 Å². The van der Waals surface area contributed by atoms with E-state index in [1.165, 1.54) is 33.2 Å². The number of unbranched alkanes of at least 4 members (excludes halogenated alkanes) is 5. The first-order valence-electron chi connectivity index (χ1n) is 6.44. The standard InChI is InChI=1S/C13H25NO3/c1-4-5-6-7-8-9-10-13(2,12(16)17)11(15)14-3/h4-10H2,1-3H3,(H,14,15)(H,16,17). The highest BCUT2D eigenvalue weighted by Gasteiger charge is 2.39. The van der Waals surface area contributed by atoms with Crippen molar-refractivity contribution in [3.05, 3.63) is 0 Å². The molecule has 0 aromatic carbocycles. The van der Waals surface area contributed by atoms with E-state index in [0.29, 0.717) is 6.42 Å². The minimum Gasteiger partial charge on any atom is -0.480 e. The molecule has 0 spiro atoms. The van der Waals surface area contributed by atoms with E-state index in [4.69, 9.17) is 5.11 Å². The number of rotatable bonds is 9. The Morgan fingerprint density at radius 3 is 2.12 bits per heavy atom. The van der Waals surface area contributed by atoms with E-state index in [1.807, 2.05) is 0 Å². The van der Waals surface area contributed by atoms with Crippen LogP contribution < -0.4 is 5.32 Å². The van der Waals surface area contributed by atoms with Gasteiger partial charge in [-0.15, -0.1) is 0 Å². The molecular weight excluding hydrogens is 218 g/mol. The minimum absolute atomic E-state index is 0.404. The quantitative estimate of drug-likeness (QED) is 0.483. The van der Waals surface area contributed by atoms with Crippen molar-refractivity contribution < 1.29 is 14.7 Å². The molecule has 0 aliphatic carbocycles. The molecule has 0 fully saturated rings. The number of aliphatic carboxylic acids is 1. The third-order valence-electron chi connectivity index (χ3n) is 3.23. The van der Waals surface area contributed by atoms with Crippen LogP contribution in [0.4, 0.5) is 0 Å². The summed E-state index contributed by atoms with van der Waals surface area (Å²) in [6.45, 7) is 3.66. The van der Waals surface area contributed by atoms with E-state index >= 15 is 0 Å². The summed E-state index contributed by atoms with van der Waals surface area (Å²) in [7, 11) is 1.48. The van der Waals surface area contributed by atoms with E-state index in [0.717, 1.165) is 19.3 Å². The molecule has 4 nitrogen and oxygen atoms in total. The Bertz CT molecular complexity index is 253. The number of hydrogen-bond donors (Lipinski definition) is 2. The fraction of sp³-hybridized carbons (Fsp3) is 0.846. The zero-order valence-corrected chi connectivity index (χ0v) is 11.2. The predicted molar refractivity (Wildman–Crippen MR) is 67.8 cm³/mol. The van der Waals surface area contributed by atoms with Crippen LogP contribution in [-0.4, -0.2) is 24.0 Å². The topological polar surface area (TPSA) is 66.4 Å². The molecule has 17 heavy (non-hydrogen) atoms. The lowest BCUT2D eigenvalue weighted by Gasteiger charge is -2.22. The van der Waals surface area contributed by atoms with Crippen LogP contribution in [0.15, 0.2) is 0 Å². The number of nitrogens with one attached hydrogen (secondary N) is 1. The first-order valence-corrected chi connectivity index (χ1v) is 6.44. The molecular formula is C13H25NO3. The van der Waals surface area contributed by atoms with Gasteiger partial charge in [0.05, 0.1) is 0 Å². The Kier molecular flexibility index (Phi) is 7.59. The zero-order chi connectivity index (χ0) is 13.3. The van der Waals surface area contributed by atoms with E-state index in [-0.39, 0.29) is 0 Å². The first-order chi connectivity index (χ1) is 7.99. The first kappa shape index (κ1) is 15.9. The third kappa shape index (κ3) is 5.20. The molecule has 4 heteroatoms. The number of hydrogen-bond acceptors (Lipinski definition) is 2. The van der Waals surface area contributed by atoms with Gasteiger partial charge >= 0.3 is 5.97 Å². The Labute approximate surface area is 104 Å². The van der Waals surface area contributed by atoms with Crippen LogP contribution in [0.1, 0.15) is 58.8 Å². The molecule has 0 aromatic heterocycles. The second kappa shape index (κ2) is 8.09. The van der Waals surface area contributed by atoms with Gasteiger partial charge < -0.3 is 10.4 Å². The lowest BCUT2D eigenvalue weighted by atomic mass is 9.83. The van der Waals surface area contributed by atoms with Crippen molar-refractivity contribution in [1.82, 2.24) is 5.32 Å². The van der Waals surface area contributed by atoms with Gasteiger partial charge in [0.2, 0.25) is 5.91 Å². The van der Waals surface area contributed by atoms with Gasteiger partial charge in [0.25, 0.3) is 0 Å². The van der Waals surface area contributed by atoms with Gasteiger partial charge in [-0.05, 0) is 13.3 Å². The van der Waals surface area contributed by atoms with E-state index in [2.05, 4.69) is 12.2 Å². The Morgan fingerprint density at radius 1 is 1.12 bits per heavy atom. The van der Waals surface area contributed by atoms with Crippen LogP contribution in [0.2, 0.25) is 0 Å². The van der Waals surface area contributed by atoms with E-state index < -0.39 is 17.3 Å². The fourth-order valence-corrected chi connectivity index (χ4v) is 1.85. The molecule has 2 N–H and O–H groups in total. The Balaban J connectivity index is 4.03. The second-order valence-electron chi connectivity index (χ2n) is 4.73. The second-order valence-corrected chi connectivity index (χ2v) is 4.73. The van der Waals surface area contributed by atoms with E-state index in [1.54, 1.807) is 0 Å². The average Bonchev–Trinajstić information content (AvgIpc) is 2.31. The summed E-state index contributed by atoms with van der Waals surface area (Å²) in [5.41, 5.74) is -1.28. The largest absolute Gasteiger partial charge is 0.480 e.